The SMILES string of the molecule is C1=Cc2cc3ccc(cc4nc(cc5ccc(cc1n2)[nH]5)C=C4)[nH]3.Nc1cccc2c(=O)[nH][nH]c(=O)c12.[Fe]. The van der Waals surface area contributed by atoms with Crippen molar-refractivity contribution < 1.29 is 17.1 Å². The zero-order valence-corrected chi connectivity index (χ0v) is 20.9. The molecule has 8 bridgehead atoms. The molecule has 7 rings (SSSR count). The average Bonchev–Trinajstić information content (AvgIpc) is 3.68. The van der Waals surface area contributed by atoms with Gasteiger partial charge in [-0.3, -0.25) is 19.8 Å². The quantitative estimate of drug-likeness (QED) is 0.142. The van der Waals surface area contributed by atoms with Crippen LogP contribution in [-0.4, -0.2) is 30.1 Å². The summed E-state index contributed by atoms with van der Waals surface area (Å²) in [6.07, 6.45) is 8.09. The van der Waals surface area contributed by atoms with Crippen molar-refractivity contribution in [3.8, 4) is 0 Å². The molecule has 5 aromatic rings. The van der Waals surface area contributed by atoms with E-state index in [2.05, 4.69) is 54.4 Å². The number of H-pyrrole nitrogens is 4. The number of fused-ring (bicyclic) bond motifs is 9. The molecule has 0 fully saturated rings. The van der Waals surface area contributed by atoms with Crippen molar-refractivity contribution in [2.75, 3.05) is 5.73 Å². The molecule has 2 aliphatic rings. The van der Waals surface area contributed by atoms with Crippen molar-refractivity contribution in [2.24, 2.45) is 0 Å². The van der Waals surface area contributed by atoms with E-state index in [1.54, 1.807) is 18.2 Å². The van der Waals surface area contributed by atoms with Gasteiger partial charge in [0.2, 0.25) is 0 Å². The van der Waals surface area contributed by atoms with E-state index in [1.165, 1.54) is 0 Å². The number of benzene rings is 1. The first kappa shape index (κ1) is 24.8. The fourth-order valence-electron chi connectivity index (χ4n) is 4.20. The third-order valence-electron chi connectivity index (χ3n) is 5.90. The molecule has 1 aromatic carbocycles. The van der Waals surface area contributed by atoms with Crippen LogP contribution in [0, 0.1) is 0 Å². The monoisotopic (exact) mass is 543 g/mol. The Balaban J connectivity index is 0.000000179. The molecule has 10 heteroatoms. The number of aromatic amines is 4. The molecule has 2 aliphatic heterocycles. The number of anilines is 1. The average molecular weight is 543 g/mol. The summed E-state index contributed by atoms with van der Waals surface area (Å²) in [5, 5.41) is 4.98. The van der Waals surface area contributed by atoms with Crippen LogP contribution in [0.4, 0.5) is 5.69 Å². The maximum absolute atomic E-state index is 11.2. The van der Waals surface area contributed by atoms with Gasteiger partial charge >= 0.3 is 0 Å². The van der Waals surface area contributed by atoms with Crippen LogP contribution in [0.15, 0.2) is 76.3 Å². The van der Waals surface area contributed by atoms with Gasteiger partial charge in [-0.1, -0.05) is 6.07 Å². The summed E-state index contributed by atoms with van der Waals surface area (Å²) >= 11 is 0. The van der Waals surface area contributed by atoms with Crippen molar-refractivity contribution >= 4 is 62.8 Å². The molecular weight excluding hydrogens is 522 g/mol. The Morgan fingerprint density at radius 3 is 1.42 bits per heavy atom. The molecule has 0 aliphatic carbocycles. The van der Waals surface area contributed by atoms with Crippen LogP contribution in [0.5, 0.6) is 0 Å². The fraction of sp³-hybridized carbons (Fsp3) is 0. The van der Waals surface area contributed by atoms with Gasteiger partial charge in [0.05, 0.1) is 33.5 Å². The molecule has 0 saturated heterocycles. The first-order valence-electron chi connectivity index (χ1n) is 11.5. The van der Waals surface area contributed by atoms with E-state index in [0.717, 1.165) is 44.8 Å². The van der Waals surface area contributed by atoms with Gasteiger partial charge in [-0.25, -0.2) is 9.97 Å². The van der Waals surface area contributed by atoms with Crippen molar-refractivity contribution in [1.29, 1.82) is 0 Å². The minimum atomic E-state index is -0.382. The standard InChI is InChI=1S/C20H14N4.C8H7N3O2.Fe/c1-2-14-10-16-5-6-18(23-16)12-20-8-7-19(24-20)11-17-4-3-15(22-17)9-13(1)21-14;9-5-3-1-2-4-6(5)8(13)11-10-7(4)12;/h1-12,21,24H;1-3H,9H2,(H,10,12)(H,11,13);. The van der Waals surface area contributed by atoms with Crippen molar-refractivity contribution in [3.63, 3.8) is 0 Å². The number of nitrogens with zero attached hydrogens (tertiary/aromatic N) is 2. The molecule has 0 amide bonds. The van der Waals surface area contributed by atoms with Crippen molar-refractivity contribution in [1.82, 2.24) is 30.1 Å². The number of nitrogens with two attached hydrogens (primary N) is 1. The topological polar surface area (TPSA) is 149 Å². The Hall–Kier alpha value is -4.92. The summed E-state index contributed by atoms with van der Waals surface area (Å²) in [5.41, 5.74) is 13.0. The molecule has 0 unspecified atom stereocenters. The Kier molecular flexibility index (Phi) is 6.66. The zero-order valence-electron chi connectivity index (χ0n) is 19.8. The Labute approximate surface area is 225 Å². The van der Waals surface area contributed by atoms with Gasteiger partial charge in [-0.05, 0) is 85.0 Å². The van der Waals surface area contributed by atoms with Crippen molar-refractivity contribution in [2.45, 2.75) is 0 Å². The minimum absolute atomic E-state index is 0. The summed E-state index contributed by atoms with van der Waals surface area (Å²) < 4.78 is 0. The Bertz CT molecular complexity index is 1840. The van der Waals surface area contributed by atoms with Gasteiger partial charge < -0.3 is 15.7 Å². The van der Waals surface area contributed by atoms with Gasteiger partial charge in [0, 0.05) is 44.8 Å². The van der Waals surface area contributed by atoms with E-state index in [0.29, 0.717) is 11.1 Å². The van der Waals surface area contributed by atoms with Gasteiger partial charge in [0.15, 0.2) is 0 Å². The second kappa shape index (κ2) is 10.2. The molecular formula is C28H21FeN7O2. The van der Waals surface area contributed by atoms with Gasteiger partial charge in [-0.15, -0.1) is 0 Å². The Morgan fingerprint density at radius 1 is 0.579 bits per heavy atom. The number of aromatic nitrogens is 6. The smallest absolute Gasteiger partial charge is 0.272 e. The summed E-state index contributed by atoms with van der Waals surface area (Å²) in [6.45, 7) is 0. The number of nitrogen functional groups attached to an aromatic ring is 1. The van der Waals surface area contributed by atoms with E-state index >= 15 is 0 Å². The predicted molar refractivity (Wildman–Crippen MR) is 148 cm³/mol. The number of rotatable bonds is 0. The van der Waals surface area contributed by atoms with Crippen LogP contribution < -0.4 is 16.9 Å². The largest absolute Gasteiger partial charge is 0.398 e. The second-order valence-electron chi connectivity index (χ2n) is 8.58. The molecule has 0 saturated carbocycles. The molecule has 9 nitrogen and oxygen atoms in total. The van der Waals surface area contributed by atoms with Gasteiger partial charge in [-0.2, -0.15) is 0 Å². The molecule has 6 heterocycles. The maximum atomic E-state index is 11.2. The molecule has 4 aromatic heterocycles. The van der Waals surface area contributed by atoms with E-state index in [4.69, 9.17) is 5.73 Å². The normalized spacial score (nSPS) is 11.6. The molecule has 38 heavy (non-hydrogen) atoms. The second-order valence-corrected chi connectivity index (χ2v) is 8.58. The first-order valence-corrected chi connectivity index (χ1v) is 11.5. The molecule has 0 spiro atoms. The van der Waals surface area contributed by atoms with Crippen LogP contribution in [-0.2, 0) is 17.1 Å². The van der Waals surface area contributed by atoms with Crippen LogP contribution >= 0.6 is 0 Å². The number of hydrogen-bond donors (Lipinski definition) is 5. The van der Waals surface area contributed by atoms with E-state index in [-0.39, 0.29) is 33.6 Å². The summed E-state index contributed by atoms with van der Waals surface area (Å²) in [5.74, 6) is 0. The minimum Gasteiger partial charge on any atom is -0.398 e. The molecule has 0 radical (unpaired) electrons. The van der Waals surface area contributed by atoms with Gasteiger partial charge in [0.1, 0.15) is 0 Å². The van der Waals surface area contributed by atoms with Crippen LogP contribution in [0.2, 0.25) is 0 Å². The summed E-state index contributed by atoms with van der Waals surface area (Å²) in [4.78, 5) is 38.5. The Morgan fingerprint density at radius 2 is 1.00 bits per heavy atom. The fourth-order valence-corrected chi connectivity index (χ4v) is 4.20. The zero-order chi connectivity index (χ0) is 25.4. The van der Waals surface area contributed by atoms with E-state index < -0.39 is 0 Å². The molecule has 188 valence electrons. The maximum Gasteiger partial charge on any atom is 0.272 e. The summed E-state index contributed by atoms with van der Waals surface area (Å²) in [6, 6.07) is 21.1. The first-order chi connectivity index (χ1) is 18.0. The molecule has 0 atom stereocenters. The van der Waals surface area contributed by atoms with Crippen LogP contribution in [0.1, 0.15) is 22.8 Å². The third kappa shape index (κ3) is 5.12. The van der Waals surface area contributed by atoms with E-state index in [1.807, 2.05) is 48.6 Å². The van der Waals surface area contributed by atoms with Crippen LogP contribution in [0.25, 0.3) is 57.1 Å². The number of hydrogen-bond acceptors (Lipinski definition) is 5. The van der Waals surface area contributed by atoms with Gasteiger partial charge in [0.25, 0.3) is 11.1 Å². The molecule has 6 N–H and O–H groups in total. The number of nitrogens with one attached hydrogen (secondary N) is 4. The third-order valence-corrected chi connectivity index (χ3v) is 5.90. The van der Waals surface area contributed by atoms with E-state index in [9.17, 15) is 9.59 Å². The predicted octanol–water partition coefficient (Wildman–Crippen LogP) is 4.45. The van der Waals surface area contributed by atoms with Crippen molar-refractivity contribution in [3.05, 3.63) is 110 Å². The van der Waals surface area contributed by atoms with Crippen LogP contribution in [0.3, 0.4) is 0 Å². The summed E-state index contributed by atoms with van der Waals surface area (Å²) in [7, 11) is 0.